The van der Waals surface area contributed by atoms with Gasteiger partial charge in [-0.25, -0.2) is 23.5 Å². The lowest BCUT2D eigenvalue weighted by atomic mass is 9.86. The zero-order chi connectivity index (χ0) is 71.2. The number of nitrogens with one attached hydrogen (secondary N) is 5. The van der Waals surface area contributed by atoms with Gasteiger partial charge in [-0.2, -0.15) is 0 Å². The van der Waals surface area contributed by atoms with Crippen molar-refractivity contribution in [2.75, 3.05) is 50.9 Å². The molecule has 21 heteroatoms. The predicted molar refractivity (Wildman–Crippen MR) is 393 cm³/mol. The smallest absolute Gasteiger partial charge is 0.410 e. The first-order chi connectivity index (χ1) is 48.7. The van der Waals surface area contributed by atoms with Crippen LogP contribution in [0.1, 0.15) is 145 Å². The number of nitrogens with zero attached hydrogens (tertiary/aromatic N) is 5. The number of carbonyl (C=O) groups excluding carboxylic acids is 7. The van der Waals surface area contributed by atoms with Crippen LogP contribution in [0.5, 0.6) is 0 Å². The van der Waals surface area contributed by atoms with Crippen LogP contribution in [0.15, 0.2) is 218 Å². The van der Waals surface area contributed by atoms with Crippen molar-refractivity contribution in [3.05, 3.63) is 286 Å². The number of pyridine rings is 2. The van der Waals surface area contributed by atoms with E-state index >= 15 is 0 Å². The van der Waals surface area contributed by atoms with Crippen molar-refractivity contribution in [2.45, 2.75) is 89.1 Å². The molecule has 5 N–H and O–H groups in total. The number of ether oxygens (including phenoxy) is 1. The summed E-state index contributed by atoms with van der Waals surface area (Å²) in [6.45, 7) is 8.99. The summed E-state index contributed by atoms with van der Waals surface area (Å²) in [6.07, 6.45) is 3.07. The van der Waals surface area contributed by atoms with Gasteiger partial charge in [-0.05, 0) is 202 Å². The highest BCUT2D eigenvalue weighted by molar-refractivity contribution is 6.07. The van der Waals surface area contributed by atoms with E-state index in [4.69, 9.17) is 4.74 Å². The zero-order valence-electron chi connectivity index (χ0n) is 57.3. The molecule has 0 saturated carbocycles. The fourth-order valence-electron chi connectivity index (χ4n) is 12.6. The van der Waals surface area contributed by atoms with Gasteiger partial charge in [0.2, 0.25) is 11.8 Å². The summed E-state index contributed by atoms with van der Waals surface area (Å²) in [7, 11) is 3.29. The molecular formula is C81H81ClF2N10O8. The minimum absolute atomic E-state index is 0. The lowest BCUT2D eigenvalue weighted by molar-refractivity contribution is -0.133. The van der Waals surface area contributed by atoms with E-state index in [0.29, 0.717) is 98.7 Å². The number of fused-ring (bicyclic) bond motifs is 2. The Morgan fingerprint density at radius 2 is 0.892 bits per heavy atom. The molecule has 2 atom stereocenters. The Hall–Kier alpha value is -11.2. The van der Waals surface area contributed by atoms with Gasteiger partial charge < -0.3 is 46.0 Å². The topological polar surface area (TPSA) is 224 Å². The van der Waals surface area contributed by atoms with E-state index in [9.17, 15) is 42.3 Å². The Bertz CT molecular complexity index is 4630. The molecular weight excluding hydrogens is 1310 g/mol. The van der Waals surface area contributed by atoms with Gasteiger partial charge in [0.1, 0.15) is 41.0 Å². The van der Waals surface area contributed by atoms with E-state index in [1.165, 1.54) is 34.1 Å². The standard InChI is InChI=1S/C43H44FN5O5.C38H36FN5O3.ClH/c1-43(2,3)54-42(53)49-24-22-29(23-25-49)34-12-8-9-13-35(34)40(51)46-37-21-17-31-26-32(16-20-36(31)45-37)39(50)47-38(30-10-6-5-7-11-30)41(52)48(4)27-28-14-18-33(44)19-15-28;1-44(24-25-11-15-30(39)16-12-25)38(47)35(27-7-3-2-4-8-27)43-36(45)29-13-17-33-28(23-29)14-18-34(41-33)42-37(46)32-10-6-5-9-31(32)26-19-21-40-22-20-26;/h5-21,26,29,38H,22-25,27H2,1-4H3,(H,47,50)(H,45,46,51);2-18,23,26,35,40H,19-22,24H2,1H3,(H,43,45)(H,41,42,46);1H/t38-;35-;/m00./s1. The highest BCUT2D eigenvalue weighted by Crippen LogP contribution is 2.33. The number of rotatable bonds is 18. The number of benzene rings is 8. The molecule has 2 aliphatic heterocycles. The normalized spacial score (nSPS) is 13.8. The number of likely N-dealkylation sites (N-methyl/N-ethyl adjacent to an activating group) is 2. The van der Waals surface area contributed by atoms with Gasteiger partial charge in [0.25, 0.3) is 23.6 Å². The second-order valence-electron chi connectivity index (χ2n) is 26.3. The second-order valence-corrected chi connectivity index (χ2v) is 26.3. The Labute approximate surface area is 597 Å². The molecule has 4 heterocycles. The molecule has 2 aromatic heterocycles. The van der Waals surface area contributed by atoms with Crippen molar-refractivity contribution in [1.29, 1.82) is 0 Å². The van der Waals surface area contributed by atoms with E-state index in [1.807, 2.05) is 93.6 Å². The Morgan fingerprint density at radius 1 is 0.500 bits per heavy atom. The van der Waals surface area contributed by atoms with Crippen LogP contribution in [-0.4, -0.2) is 112 Å². The molecule has 2 aliphatic rings. The molecule has 7 amide bonds. The maximum Gasteiger partial charge on any atom is 0.410 e. The number of likely N-dealkylation sites (tertiary alicyclic amines) is 1. The number of carbonyl (C=O) groups is 7. The zero-order valence-corrected chi connectivity index (χ0v) is 58.1. The first kappa shape index (κ1) is 73.5. The van der Waals surface area contributed by atoms with Crippen LogP contribution >= 0.6 is 12.4 Å². The van der Waals surface area contributed by atoms with Gasteiger partial charge in [-0.15, -0.1) is 12.4 Å². The molecule has 0 radical (unpaired) electrons. The number of halogens is 3. The van der Waals surface area contributed by atoms with Crippen molar-refractivity contribution < 1.29 is 47.1 Å². The number of hydrogen-bond acceptors (Lipinski definition) is 11. The van der Waals surface area contributed by atoms with Crippen LogP contribution in [0.2, 0.25) is 0 Å². The highest BCUT2D eigenvalue weighted by Gasteiger charge is 2.32. The summed E-state index contributed by atoms with van der Waals surface area (Å²) >= 11 is 0. The minimum atomic E-state index is -0.962. The quantitative estimate of drug-likeness (QED) is 0.0543. The summed E-state index contributed by atoms with van der Waals surface area (Å²) in [4.78, 5) is 108. The molecule has 0 unspecified atom stereocenters. The predicted octanol–water partition coefficient (Wildman–Crippen LogP) is 14.5. The summed E-state index contributed by atoms with van der Waals surface area (Å²) in [6, 6.07) is 60.4. The number of piperidine rings is 2. The molecule has 524 valence electrons. The molecule has 2 fully saturated rings. The van der Waals surface area contributed by atoms with Crippen LogP contribution in [0.4, 0.5) is 25.2 Å². The van der Waals surface area contributed by atoms with Crippen LogP contribution < -0.4 is 26.6 Å². The summed E-state index contributed by atoms with van der Waals surface area (Å²) in [5.41, 5.74) is 7.28. The SMILES string of the molecule is CN(Cc1ccc(F)cc1)C(=O)[C@@H](NC(=O)c1ccc2nc(NC(=O)c3ccccc3C3CCN(C(=O)OC(C)(C)C)CC3)ccc2c1)c1ccccc1.CN(Cc1ccc(F)cc1)C(=O)[C@@H](NC(=O)c1ccc2nc(NC(=O)c3ccccc3C3CCNCC3)ccc2c1)c1ccccc1.Cl. The molecule has 0 aliphatic carbocycles. The number of amides is 7. The second kappa shape index (κ2) is 33.8. The lowest BCUT2D eigenvalue weighted by Gasteiger charge is -2.34. The van der Waals surface area contributed by atoms with Crippen molar-refractivity contribution >= 4 is 87.4 Å². The van der Waals surface area contributed by atoms with Gasteiger partial charge >= 0.3 is 6.09 Å². The molecule has 102 heavy (non-hydrogen) atoms. The molecule has 8 aromatic carbocycles. The third-order valence-corrected chi connectivity index (χ3v) is 17.9. The fraction of sp³-hybridized carbons (Fsp3) is 0.247. The molecule has 10 aromatic rings. The summed E-state index contributed by atoms with van der Waals surface area (Å²) < 4.78 is 32.4. The minimum Gasteiger partial charge on any atom is -0.444 e. The summed E-state index contributed by atoms with van der Waals surface area (Å²) in [5, 5.41) is 16.4. The highest BCUT2D eigenvalue weighted by atomic mass is 35.5. The van der Waals surface area contributed by atoms with Crippen LogP contribution in [0.3, 0.4) is 0 Å². The van der Waals surface area contributed by atoms with Gasteiger partial charge in [0.15, 0.2) is 0 Å². The molecule has 0 bridgehead atoms. The largest absolute Gasteiger partial charge is 0.444 e. The average molecular weight is 1400 g/mol. The molecule has 18 nitrogen and oxygen atoms in total. The Balaban J connectivity index is 0.000000219. The maximum atomic E-state index is 13.7. The Kier molecular flexibility index (Phi) is 24.3. The first-order valence-corrected chi connectivity index (χ1v) is 33.7. The monoisotopic (exact) mass is 1390 g/mol. The average Bonchev–Trinajstić information content (AvgIpc) is 0.817. The van der Waals surface area contributed by atoms with Crippen LogP contribution in [0.25, 0.3) is 21.8 Å². The lowest BCUT2D eigenvalue weighted by Crippen LogP contribution is -2.41. The first-order valence-electron chi connectivity index (χ1n) is 33.7. The Morgan fingerprint density at radius 3 is 1.30 bits per heavy atom. The summed E-state index contributed by atoms with van der Waals surface area (Å²) in [5.74, 6) is -1.49. The molecule has 0 spiro atoms. The number of hydrogen-bond donors (Lipinski definition) is 5. The van der Waals surface area contributed by atoms with E-state index in [2.05, 4.69) is 36.6 Å². The van der Waals surface area contributed by atoms with E-state index in [1.54, 1.807) is 140 Å². The number of anilines is 2. The van der Waals surface area contributed by atoms with Gasteiger partial charge in [0, 0.05) is 73.3 Å². The van der Waals surface area contributed by atoms with Crippen molar-refractivity contribution in [3.63, 3.8) is 0 Å². The number of aromatic nitrogens is 2. The van der Waals surface area contributed by atoms with Crippen LogP contribution in [-0.2, 0) is 27.4 Å². The van der Waals surface area contributed by atoms with E-state index in [-0.39, 0.29) is 72.8 Å². The molecule has 12 rings (SSSR count). The third kappa shape index (κ3) is 19.0. The third-order valence-electron chi connectivity index (χ3n) is 17.9. The van der Waals surface area contributed by atoms with E-state index < -0.39 is 29.5 Å². The maximum absolute atomic E-state index is 13.7. The van der Waals surface area contributed by atoms with Crippen LogP contribution in [0, 0.1) is 11.6 Å². The molecule has 2 saturated heterocycles. The fourth-order valence-corrected chi connectivity index (χ4v) is 12.6. The van der Waals surface area contributed by atoms with Crippen molar-refractivity contribution in [2.24, 2.45) is 0 Å². The van der Waals surface area contributed by atoms with Gasteiger partial charge in [-0.1, -0.05) is 121 Å². The van der Waals surface area contributed by atoms with Gasteiger partial charge in [-0.3, -0.25) is 28.8 Å². The van der Waals surface area contributed by atoms with Crippen molar-refractivity contribution in [1.82, 2.24) is 40.6 Å². The van der Waals surface area contributed by atoms with E-state index in [0.717, 1.165) is 48.2 Å². The van der Waals surface area contributed by atoms with Crippen molar-refractivity contribution in [3.8, 4) is 0 Å². The van der Waals surface area contributed by atoms with Gasteiger partial charge in [0.05, 0.1) is 11.0 Å².